The van der Waals surface area contributed by atoms with Gasteiger partial charge >= 0.3 is 0 Å². The van der Waals surface area contributed by atoms with E-state index < -0.39 is 0 Å². The van der Waals surface area contributed by atoms with Crippen LogP contribution < -0.4 is 5.32 Å². The average Bonchev–Trinajstić information content (AvgIpc) is 2.43. The van der Waals surface area contributed by atoms with Gasteiger partial charge in [0.15, 0.2) is 0 Å². The predicted octanol–water partition coefficient (Wildman–Crippen LogP) is 2.73. The van der Waals surface area contributed by atoms with Gasteiger partial charge in [-0.3, -0.25) is 9.69 Å². The quantitative estimate of drug-likeness (QED) is 0.688. The lowest BCUT2D eigenvalue weighted by atomic mass is 10.1. The van der Waals surface area contributed by atoms with Crippen molar-refractivity contribution in [2.45, 2.75) is 40.0 Å². The van der Waals surface area contributed by atoms with Crippen LogP contribution in [0.2, 0.25) is 0 Å². The Labute approximate surface area is 128 Å². The van der Waals surface area contributed by atoms with Crippen molar-refractivity contribution < 1.29 is 9.90 Å². The Hall–Kier alpha value is -1.39. The molecule has 1 amide bonds. The van der Waals surface area contributed by atoms with Gasteiger partial charge in [-0.1, -0.05) is 38.0 Å². The lowest BCUT2D eigenvalue weighted by Crippen LogP contribution is -2.36. The average molecular weight is 292 g/mol. The molecule has 0 radical (unpaired) electrons. The van der Waals surface area contributed by atoms with Gasteiger partial charge in [-0.2, -0.15) is 0 Å². The van der Waals surface area contributed by atoms with E-state index in [9.17, 15) is 4.79 Å². The van der Waals surface area contributed by atoms with Crippen LogP contribution in [-0.2, 0) is 4.79 Å². The van der Waals surface area contributed by atoms with E-state index in [1.54, 1.807) is 0 Å². The van der Waals surface area contributed by atoms with Crippen molar-refractivity contribution in [1.29, 1.82) is 0 Å². The highest BCUT2D eigenvalue weighted by Gasteiger charge is 2.12. The normalized spacial score (nSPS) is 10.9. The molecule has 21 heavy (non-hydrogen) atoms. The number of hydrogen-bond donors (Lipinski definition) is 2. The number of aliphatic hydroxyl groups excluding tert-OH is 1. The molecular weight excluding hydrogens is 264 g/mol. The van der Waals surface area contributed by atoms with Crippen LogP contribution in [0.3, 0.4) is 0 Å². The van der Waals surface area contributed by atoms with Crippen LogP contribution in [0, 0.1) is 13.8 Å². The number of hydrogen-bond acceptors (Lipinski definition) is 3. The molecule has 0 aliphatic carbocycles. The topological polar surface area (TPSA) is 52.6 Å². The lowest BCUT2D eigenvalue weighted by Gasteiger charge is -2.21. The largest absolute Gasteiger partial charge is 0.395 e. The molecule has 1 aromatic rings. The first-order valence-electron chi connectivity index (χ1n) is 7.77. The SMILES string of the molecule is CCCCCN(CCO)CC(=O)Nc1c(C)cccc1C. The number of nitrogens with one attached hydrogen (secondary N) is 1. The van der Waals surface area contributed by atoms with Gasteiger partial charge in [-0.15, -0.1) is 0 Å². The van der Waals surface area contributed by atoms with Gasteiger partial charge in [-0.25, -0.2) is 0 Å². The molecule has 0 fully saturated rings. The van der Waals surface area contributed by atoms with E-state index in [-0.39, 0.29) is 12.5 Å². The smallest absolute Gasteiger partial charge is 0.238 e. The highest BCUT2D eigenvalue weighted by atomic mass is 16.3. The van der Waals surface area contributed by atoms with Crippen LogP contribution in [0.15, 0.2) is 18.2 Å². The van der Waals surface area contributed by atoms with E-state index in [0.29, 0.717) is 13.1 Å². The zero-order valence-corrected chi connectivity index (χ0v) is 13.5. The lowest BCUT2D eigenvalue weighted by molar-refractivity contribution is -0.117. The standard InChI is InChI=1S/C17H28N2O2/c1-4-5-6-10-19(11-12-20)13-16(21)18-17-14(2)8-7-9-15(17)3/h7-9,20H,4-6,10-13H2,1-3H3,(H,18,21). The molecule has 0 bridgehead atoms. The van der Waals surface area contributed by atoms with Gasteiger partial charge in [0.1, 0.15) is 0 Å². The van der Waals surface area contributed by atoms with Crippen molar-refractivity contribution in [3.63, 3.8) is 0 Å². The number of carbonyl (C=O) groups is 1. The Kier molecular flexibility index (Phi) is 8.01. The van der Waals surface area contributed by atoms with Gasteiger partial charge in [0.05, 0.1) is 13.2 Å². The number of aryl methyl sites for hydroxylation is 2. The predicted molar refractivity (Wildman–Crippen MR) is 87.6 cm³/mol. The third kappa shape index (κ3) is 6.27. The van der Waals surface area contributed by atoms with Crippen molar-refractivity contribution in [3.8, 4) is 0 Å². The van der Waals surface area contributed by atoms with Gasteiger partial charge in [0, 0.05) is 12.2 Å². The van der Waals surface area contributed by atoms with Crippen LogP contribution in [0.25, 0.3) is 0 Å². The molecule has 1 rings (SSSR count). The van der Waals surface area contributed by atoms with Crippen LogP contribution in [0.1, 0.15) is 37.3 Å². The van der Waals surface area contributed by atoms with E-state index >= 15 is 0 Å². The van der Waals surface area contributed by atoms with Crippen LogP contribution in [0.5, 0.6) is 0 Å². The summed E-state index contributed by atoms with van der Waals surface area (Å²) in [6.45, 7) is 7.97. The van der Waals surface area contributed by atoms with Crippen LogP contribution >= 0.6 is 0 Å². The Balaban J connectivity index is 2.56. The molecule has 4 heteroatoms. The maximum absolute atomic E-state index is 12.2. The molecular formula is C17H28N2O2. The van der Waals surface area contributed by atoms with E-state index in [0.717, 1.165) is 42.6 Å². The van der Waals surface area contributed by atoms with Crippen molar-refractivity contribution in [2.24, 2.45) is 0 Å². The number of aliphatic hydroxyl groups is 1. The summed E-state index contributed by atoms with van der Waals surface area (Å²) in [5.41, 5.74) is 3.05. The van der Waals surface area contributed by atoms with Gasteiger partial charge in [0.2, 0.25) is 5.91 Å². The maximum Gasteiger partial charge on any atom is 0.238 e. The summed E-state index contributed by atoms with van der Waals surface area (Å²) in [6.07, 6.45) is 3.37. The van der Waals surface area contributed by atoms with Crippen LogP contribution in [-0.4, -0.2) is 42.2 Å². The number of rotatable bonds is 9. The van der Waals surface area contributed by atoms with Gasteiger partial charge in [-0.05, 0) is 37.9 Å². The fourth-order valence-electron chi connectivity index (χ4n) is 2.39. The van der Waals surface area contributed by atoms with E-state index in [4.69, 9.17) is 5.11 Å². The first-order valence-corrected chi connectivity index (χ1v) is 7.77. The monoisotopic (exact) mass is 292 g/mol. The number of carbonyl (C=O) groups excluding carboxylic acids is 1. The Morgan fingerprint density at radius 3 is 2.43 bits per heavy atom. The Morgan fingerprint density at radius 2 is 1.86 bits per heavy atom. The molecule has 2 N–H and O–H groups in total. The molecule has 118 valence electrons. The number of benzene rings is 1. The summed E-state index contributed by atoms with van der Waals surface area (Å²) in [4.78, 5) is 14.2. The summed E-state index contributed by atoms with van der Waals surface area (Å²) in [7, 11) is 0. The first-order chi connectivity index (χ1) is 10.1. The fraction of sp³-hybridized carbons (Fsp3) is 0.588. The van der Waals surface area contributed by atoms with Crippen molar-refractivity contribution in [1.82, 2.24) is 4.90 Å². The zero-order chi connectivity index (χ0) is 15.7. The molecule has 0 unspecified atom stereocenters. The minimum absolute atomic E-state index is 0.0163. The number of nitrogens with zero attached hydrogens (tertiary/aromatic N) is 1. The third-order valence-corrected chi connectivity index (χ3v) is 3.61. The maximum atomic E-state index is 12.2. The van der Waals surface area contributed by atoms with Crippen molar-refractivity contribution >= 4 is 11.6 Å². The summed E-state index contributed by atoms with van der Waals surface area (Å²) >= 11 is 0. The number of para-hydroxylation sites is 1. The molecule has 4 nitrogen and oxygen atoms in total. The number of unbranched alkanes of at least 4 members (excludes halogenated alkanes) is 2. The first kappa shape index (κ1) is 17.7. The fourth-order valence-corrected chi connectivity index (χ4v) is 2.39. The second-order valence-corrected chi connectivity index (χ2v) is 5.52. The molecule has 0 aromatic heterocycles. The van der Waals surface area contributed by atoms with E-state index in [1.165, 1.54) is 0 Å². The summed E-state index contributed by atoms with van der Waals surface area (Å²) in [6, 6.07) is 5.98. The molecule has 0 saturated carbocycles. The molecule has 0 heterocycles. The van der Waals surface area contributed by atoms with Crippen LogP contribution in [0.4, 0.5) is 5.69 Å². The molecule has 0 spiro atoms. The van der Waals surface area contributed by atoms with Gasteiger partial charge < -0.3 is 10.4 Å². The molecule has 0 aliphatic heterocycles. The summed E-state index contributed by atoms with van der Waals surface area (Å²) < 4.78 is 0. The highest BCUT2D eigenvalue weighted by molar-refractivity contribution is 5.93. The Morgan fingerprint density at radius 1 is 1.19 bits per heavy atom. The Bertz CT molecular complexity index is 426. The van der Waals surface area contributed by atoms with Gasteiger partial charge in [0.25, 0.3) is 0 Å². The second-order valence-electron chi connectivity index (χ2n) is 5.52. The number of anilines is 1. The molecule has 1 aromatic carbocycles. The molecule has 0 saturated heterocycles. The minimum atomic E-state index is -0.0163. The van der Waals surface area contributed by atoms with Crippen molar-refractivity contribution in [3.05, 3.63) is 29.3 Å². The second kappa shape index (κ2) is 9.53. The highest BCUT2D eigenvalue weighted by Crippen LogP contribution is 2.19. The molecule has 0 aliphatic rings. The third-order valence-electron chi connectivity index (χ3n) is 3.61. The number of amides is 1. The zero-order valence-electron chi connectivity index (χ0n) is 13.5. The van der Waals surface area contributed by atoms with E-state index in [1.807, 2.05) is 36.9 Å². The molecule has 0 atom stereocenters. The van der Waals surface area contributed by atoms with E-state index in [2.05, 4.69) is 12.2 Å². The minimum Gasteiger partial charge on any atom is -0.395 e. The van der Waals surface area contributed by atoms with Crippen molar-refractivity contribution in [2.75, 3.05) is 31.6 Å². The summed E-state index contributed by atoms with van der Waals surface area (Å²) in [5.74, 6) is -0.0163. The summed E-state index contributed by atoms with van der Waals surface area (Å²) in [5, 5.41) is 12.1.